The Morgan fingerprint density at radius 1 is 1.16 bits per heavy atom. The summed E-state index contributed by atoms with van der Waals surface area (Å²) in [6.07, 6.45) is 4.32. The summed E-state index contributed by atoms with van der Waals surface area (Å²) in [4.78, 5) is 35.9. The van der Waals surface area contributed by atoms with Crippen molar-refractivity contribution in [3.8, 4) is 5.75 Å². The molecule has 1 aromatic carbocycles. The molecule has 3 rings (SSSR count). The molecule has 0 radical (unpaired) electrons. The molecule has 7 heteroatoms. The maximum absolute atomic E-state index is 12.4. The van der Waals surface area contributed by atoms with Gasteiger partial charge in [0.15, 0.2) is 0 Å². The Labute approximate surface area is 145 Å². The van der Waals surface area contributed by atoms with E-state index in [1.807, 2.05) is 19.1 Å². The van der Waals surface area contributed by atoms with Gasteiger partial charge in [0.2, 0.25) is 5.91 Å². The van der Waals surface area contributed by atoms with E-state index in [1.165, 1.54) is 0 Å². The fraction of sp³-hybridized carbons (Fsp3) is 0.389. The lowest BCUT2D eigenvalue weighted by Gasteiger charge is -2.27. The van der Waals surface area contributed by atoms with E-state index >= 15 is 0 Å². The third-order valence-corrected chi connectivity index (χ3v) is 4.74. The molecule has 1 fully saturated rings. The predicted molar refractivity (Wildman–Crippen MR) is 85.9 cm³/mol. The average molecular weight is 343 g/mol. The summed E-state index contributed by atoms with van der Waals surface area (Å²) in [5.74, 6) is -3.58. The van der Waals surface area contributed by atoms with Crippen LogP contribution in [-0.2, 0) is 9.59 Å². The lowest BCUT2D eigenvalue weighted by Crippen LogP contribution is -2.50. The van der Waals surface area contributed by atoms with Crippen molar-refractivity contribution in [3.05, 3.63) is 42.0 Å². The van der Waals surface area contributed by atoms with Gasteiger partial charge in [-0.2, -0.15) is 0 Å². The second-order valence-corrected chi connectivity index (χ2v) is 6.22. The number of carboxylic acid groups (broad SMARTS) is 1. The summed E-state index contributed by atoms with van der Waals surface area (Å²) in [5, 5.41) is 11.3. The topological polar surface area (TPSA) is 108 Å². The van der Waals surface area contributed by atoms with Crippen molar-refractivity contribution in [2.45, 2.75) is 13.3 Å². The Balaban J connectivity index is 1.62. The predicted octanol–water partition coefficient (Wildman–Crippen LogP) is 0.0345. The number of allylic oxidation sites excluding steroid dienone is 2. The third-order valence-electron chi connectivity index (χ3n) is 4.74. The SMILES string of the molecule is CCOc1cccc(C(=O)NNC(=O)[C@H]2[C@@H](C(=O)[O-])[C@H]3C=C[C@H]2C3)c1. The minimum atomic E-state index is -1.23. The molecule has 1 aromatic rings. The minimum Gasteiger partial charge on any atom is -0.550 e. The van der Waals surface area contributed by atoms with Gasteiger partial charge in [-0.1, -0.05) is 18.2 Å². The number of rotatable bonds is 5. The number of fused-ring (bicyclic) bond motifs is 2. The van der Waals surface area contributed by atoms with Crippen LogP contribution in [-0.4, -0.2) is 24.4 Å². The molecule has 2 aliphatic carbocycles. The largest absolute Gasteiger partial charge is 0.550 e. The van der Waals surface area contributed by atoms with E-state index in [0.29, 0.717) is 24.3 Å². The van der Waals surface area contributed by atoms with Crippen molar-refractivity contribution in [1.29, 1.82) is 0 Å². The Hall–Kier alpha value is -2.83. The van der Waals surface area contributed by atoms with E-state index in [9.17, 15) is 19.5 Å². The molecule has 1 saturated carbocycles. The van der Waals surface area contributed by atoms with Crippen molar-refractivity contribution in [1.82, 2.24) is 10.9 Å². The van der Waals surface area contributed by atoms with Crippen LogP contribution in [0.2, 0.25) is 0 Å². The van der Waals surface area contributed by atoms with Crippen molar-refractivity contribution >= 4 is 17.8 Å². The minimum absolute atomic E-state index is 0.133. The summed E-state index contributed by atoms with van der Waals surface area (Å²) in [5.41, 5.74) is 5.00. The summed E-state index contributed by atoms with van der Waals surface area (Å²) in [6, 6.07) is 6.56. The first-order valence-electron chi connectivity index (χ1n) is 8.23. The monoisotopic (exact) mass is 343 g/mol. The highest BCUT2D eigenvalue weighted by molar-refractivity contribution is 5.96. The van der Waals surface area contributed by atoms with Gasteiger partial charge in [-0.05, 0) is 43.4 Å². The first kappa shape index (κ1) is 17.0. The molecular formula is C18H19N2O5-. The summed E-state index contributed by atoms with van der Waals surface area (Å²) < 4.78 is 5.33. The summed E-state index contributed by atoms with van der Waals surface area (Å²) >= 11 is 0. The van der Waals surface area contributed by atoms with Crippen LogP contribution in [0.15, 0.2) is 36.4 Å². The molecule has 0 spiro atoms. The number of hydrogen-bond donors (Lipinski definition) is 2. The highest BCUT2D eigenvalue weighted by Crippen LogP contribution is 2.47. The lowest BCUT2D eigenvalue weighted by molar-refractivity contribution is -0.313. The van der Waals surface area contributed by atoms with Gasteiger partial charge in [-0.3, -0.25) is 20.4 Å². The van der Waals surface area contributed by atoms with E-state index < -0.39 is 29.6 Å². The molecular weight excluding hydrogens is 324 g/mol. The van der Waals surface area contributed by atoms with Gasteiger partial charge in [-0.25, -0.2) is 0 Å². The number of carboxylic acids is 1. The number of amides is 2. The molecule has 0 heterocycles. The fourth-order valence-corrected chi connectivity index (χ4v) is 3.67. The molecule has 7 nitrogen and oxygen atoms in total. The van der Waals surface area contributed by atoms with Crippen LogP contribution in [0, 0.1) is 23.7 Å². The van der Waals surface area contributed by atoms with Gasteiger partial charge >= 0.3 is 0 Å². The number of aliphatic carboxylic acids is 1. The number of carbonyl (C=O) groups is 3. The number of hydrogen-bond acceptors (Lipinski definition) is 5. The highest BCUT2D eigenvalue weighted by atomic mass is 16.5. The first-order valence-corrected chi connectivity index (χ1v) is 8.23. The second kappa shape index (κ2) is 6.96. The Kier molecular flexibility index (Phi) is 4.74. The maximum atomic E-state index is 12.4. The van der Waals surface area contributed by atoms with Crippen molar-refractivity contribution < 1.29 is 24.2 Å². The van der Waals surface area contributed by atoms with Crippen molar-refractivity contribution in [2.75, 3.05) is 6.61 Å². The zero-order chi connectivity index (χ0) is 18.0. The number of benzene rings is 1. The van der Waals surface area contributed by atoms with Gasteiger partial charge in [0, 0.05) is 17.5 Å². The average Bonchev–Trinajstić information content (AvgIpc) is 3.21. The van der Waals surface area contributed by atoms with E-state index in [4.69, 9.17) is 4.74 Å². The first-order chi connectivity index (χ1) is 12.0. The molecule has 25 heavy (non-hydrogen) atoms. The lowest BCUT2D eigenvalue weighted by atomic mass is 9.82. The Morgan fingerprint density at radius 2 is 1.88 bits per heavy atom. The van der Waals surface area contributed by atoms with E-state index in [0.717, 1.165) is 0 Å². The third kappa shape index (κ3) is 3.35. The van der Waals surface area contributed by atoms with Gasteiger partial charge in [0.05, 0.1) is 12.5 Å². The molecule has 2 aliphatic rings. The van der Waals surface area contributed by atoms with Gasteiger partial charge < -0.3 is 14.6 Å². The highest BCUT2D eigenvalue weighted by Gasteiger charge is 2.48. The van der Waals surface area contributed by atoms with Gasteiger partial charge in [-0.15, -0.1) is 0 Å². The zero-order valence-electron chi connectivity index (χ0n) is 13.7. The molecule has 4 atom stereocenters. The molecule has 0 unspecified atom stereocenters. The number of carbonyl (C=O) groups excluding carboxylic acids is 3. The number of hydrazine groups is 1. The van der Waals surface area contributed by atoms with Gasteiger partial charge in [0.1, 0.15) is 5.75 Å². The van der Waals surface area contributed by atoms with E-state index in [1.54, 1.807) is 24.3 Å². The van der Waals surface area contributed by atoms with Crippen molar-refractivity contribution in [2.24, 2.45) is 23.7 Å². The molecule has 0 saturated heterocycles. The Bertz CT molecular complexity index is 730. The second-order valence-electron chi connectivity index (χ2n) is 6.22. The van der Waals surface area contributed by atoms with Crippen LogP contribution in [0.5, 0.6) is 5.75 Å². The molecule has 2 bridgehead atoms. The summed E-state index contributed by atoms with van der Waals surface area (Å²) in [6.45, 7) is 2.31. The van der Waals surface area contributed by atoms with Crippen LogP contribution < -0.4 is 20.7 Å². The standard InChI is InChI=1S/C18H20N2O5/c1-2-25-13-5-3-4-12(9-13)16(21)19-20-17(22)14-10-6-7-11(8-10)15(14)18(23)24/h3-7,9-11,14-15H,2,8H2,1H3,(H,19,21)(H,20,22)(H,23,24)/p-1/t10-,11-,14+,15-/m0/s1. The van der Waals surface area contributed by atoms with E-state index in [2.05, 4.69) is 10.9 Å². The fourth-order valence-electron chi connectivity index (χ4n) is 3.67. The molecule has 0 aliphatic heterocycles. The molecule has 2 N–H and O–H groups in total. The zero-order valence-corrected chi connectivity index (χ0v) is 13.7. The summed E-state index contributed by atoms with van der Waals surface area (Å²) in [7, 11) is 0. The van der Waals surface area contributed by atoms with Crippen LogP contribution >= 0.6 is 0 Å². The van der Waals surface area contributed by atoms with Crippen LogP contribution in [0.1, 0.15) is 23.7 Å². The van der Waals surface area contributed by atoms with Gasteiger partial charge in [0.25, 0.3) is 5.91 Å². The van der Waals surface area contributed by atoms with Crippen LogP contribution in [0.25, 0.3) is 0 Å². The molecule has 2 amide bonds. The normalized spacial score (nSPS) is 26.3. The van der Waals surface area contributed by atoms with Crippen molar-refractivity contribution in [3.63, 3.8) is 0 Å². The Morgan fingerprint density at radius 3 is 2.56 bits per heavy atom. The molecule has 0 aromatic heterocycles. The molecule has 132 valence electrons. The number of ether oxygens (including phenoxy) is 1. The quantitative estimate of drug-likeness (QED) is 0.579. The maximum Gasteiger partial charge on any atom is 0.269 e. The smallest absolute Gasteiger partial charge is 0.269 e. The number of nitrogens with one attached hydrogen (secondary N) is 2. The van der Waals surface area contributed by atoms with Crippen LogP contribution in [0.3, 0.4) is 0 Å². The van der Waals surface area contributed by atoms with E-state index in [-0.39, 0.29) is 11.8 Å². The van der Waals surface area contributed by atoms with Crippen LogP contribution in [0.4, 0.5) is 0 Å².